The number of H-pyrrole nitrogens is 1. The third kappa shape index (κ3) is 4.64. The number of halogens is 6. The van der Waals surface area contributed by atoms with Gasteiger partial charge in [0.2, 0.25) is 0 Å². The Hall–Kier alpha value is -2.56. The molecule has 0 aliphatic carbocycles. The van der Waals surface area contributed by atoms with Crippen LogP contribution in [0.5, 0.6) is 0 Å². The molecular formula is C17H16F6N4O. The van der Waals surface area contributed by atoms with Crippen LogP contribution in [0.2, 0.25) is 0 Å². The van der Waals surface area contributed by atoms with Gasteiger partial charge in [-0.15, -0.1) is 0 Å². The van der Waals surface area contributed by atoms with Crippen molar-refractivity contribution in [3.05, 3.63) is 57.6 Å². The predicted molar refractivity (Wildman–Crippen MR) is 88.8 cm³/mol. The molecule has 1 fully saturated rings. The summed E-state index contributed by atoms with van der Waals surface area (Å²) in [5, 5.41) is 0. The van der Waals surface area contributed by atoms with Crippen molar-refractivity contribution in [3.63, 3.8) is 0 Å². The van der Waals surface area contributed by atoms with Crippen LogP contribution in [0.15, 0.2) is 35.4 Å². The van der Waals surface area contributed by atoms with Crippen LogP contribution in [0.25, 0.3) is 0 Å². The van der Waals surface area contributed by atoms with Crippen LogP contribution in [-0.2, 0) is 18.9 Å². The highest BCUT2D eigenvalue weighted by Crippen LogP contribution is 2.37. The minimum Gasteiger partial charge on any atom is -0.354 e. The molecule has 0 radical (unpaired) electrons. The molecular weight excluding hydrogens is 390 g/mol. The van der Waals surface area contributed by atoms with Crippen LogP contribution in [0.3, 0.4) is 0 Å². The van der Waals surface area contributed by atoms with Gasteiger partial charge in [-0.05, 0) is 23.8 Å². The van der Waals surface area contributed by atoms with Gasteiger partial charge in [-0.25, -0.2) is 4.98 Å². The van der Waals surface area contributed by atoms with Crippen LogP contribution in [-0.4, -0.2) is 41.0 Å². The van der Waals surface area contributed by atoms with Gasteiger partial charge in [0.25, 0.3) is 5.56 Å². The quantitative estimate of drug-likeness (QED) is 0.796. The van der Waals surface area contributed by atoms with Gasteiger partial charge in [-0.2, -0.15) is 26.3 Å². The van der Waals surface area contributed by atoms with Crippen molar-refractivity contribution >= 4 is 5.82 Å². The van der Waals surface area contributed by atoms with Crippen molar-refractivity contribution in [2.75, 3.05) is 31.1 Å². The van der Waals surface area contributed by atoms with Gasteiger partial charge in [0.05, 0.1) is 17.5 Å². The number of aromatic amines is 1. The van der Waals surface area contributed by atoms with E-state index in [4.69, 9.17) is 0 Å². The van der Waals surface area contributed by atoms with Crippen molar-refractivity contribution in [3.8, 4) is 0 Å². The Kier molecular flexibility index (Phi) is 5.37. The zero-order chi connectivity index (χ0) is 20.5. The van der Waals surface area contributed by atoms with E-state index in [0.717, 1.165) is 0 Å². The summed E-state index contributed by atoms with van der Waals surface area (Å²) in [6, 6.07) is 2.80. The lowest BCUT2D eigenvalue weighted by Gasteiger charge is -2.35. The summed E-state index contributed by atoms with van der Waals surface area (Å²) in [6.45, 7) is 1.16. The maximum absolute atomic E-state index is 13.2. The third-order valence-electron chi connectivity index (χ3n) is 4.49. The molecule has 1 N–H and O–H groups in total. The van der Waals surface area contributed by atoms with E-state index in [0.29, 0.717) is 50.2 Å². The highest BCUT2D eigenvalue weighted by atomic mass is 19.4. The lowest BCUT2D eigenvalue weighted by Crippen LogP contribution is -2.46. The summed E-state index contributed by atoms with van der Waals surface area (Å²) < 4.78 is 78.3. The van der Waals surface area contributed by atoms with Gasteiger partial charge in [-0.3, -0.25) is 9.69 Å². The number of nitrogens with zero attached hydrogens (tertiary/aromatic N) is 3. The zero-order valence-corrected chi connectivity index (χ0v) is 14.4. The van der Waals surface area contributed by atoms with Crippen LogP contribution < -0.4 is 10.5 Å². The Morgan fingerprint density at radius 3 is 2.21 bits per heavy atom. The van der Waals surface area contributed by atoms with Crippen molar-refractivity contribution in [1.29, 1.82) is 0 Å². The smallest absolute Gasteiger partial charge is 0.354 e. The molecule has 11 heteroatoms. The number of hydrogen-bond donors (Lipinski definition) is 1. The molecule has 2 aromatic rings. The Labute approximate surface area is 155 Å². The first kappa shape index (κ1) is 20.2. The number of nitrogens with one attached hydrogen (secondary N) is 1. The van der Waals surface area contributed by atoms with Crippen molar-refractivity contribution < 1.29 is 26.3 Å². The van der Waals surface area contributed by atoms with Crippen LogP contribution in [0.1, 0.15) is 16.7 Å². The van der Waals surface area contributed by atoms with E-state index in [1.165, 1.54) is 12.4 Å². The topological polar surface area (TPSA) is 52.2 Å². The largest absolute Gasteiger partial charge is 0.416 e. The highest BCUT2D eigenvalue weighted by molar-refractivity contribution is 5.38. The van der Waals surface area contributed by atoms with E-state index in [9.17, 15) is 31.1 Å². The summed E-state index contributed by atoms with van der Waals surface area (Å²) in [4.78, 5) is 21.2. The average molecular weight is 406 g/mol. The highest BCUT2D eigenvalue weighted by Gasteiger charge is 2.37. The monoisotopic (exact) mass is 406 g/mol. The fraction of sp³-hybridized carbons (Fsp3) is 0.412. The van der Waals surface area contributed by atoms with E-state index >= 15 is 0 Å². The van der Waals surface area contributed by atoms with Gasteiger partial charge in [0, 0.05) is 38.8 Å². The third-order valence-corrected chi connectivity index (χ3v) is 4.49. The molecule has 2 heterocycles. The lowest BCUT2D eigenvalue weighted by atomic mass is 10.0. The SMILES string of the molecule is O=c1cc(N2CCN(Cc3cc(C(F)(F)F)ccc3C(F)(F)F)CC2)nc[nH]1. The number of aromatic nitrogens is 2. The average Bonchev–Trinajstić information content (AvgIpc) is 2.60. The maximum atomic E-state index is 13.2. The summed E-state index contributed by atoms with van der Waals surface area (Å²) in [6.07, 6.45) is -8.21. The maximum Gasteiger partial charge on any atom is 0.416 e. The molecule has 0 amide bonds. The minimum absolute atomic E-state index is 0.255. The van der Waals surface area contributed by atoms with Crippen molar-refractivity contribution in [2.24, 2.45) is 0 Å². The van der Waals surface area contributed by atoms with Crippen molar-refractivity contribution in [2.45, 2.75) is 18.9 Å². The molecule has 0 spiro atoms. The Bertz CT molecular complexity index is 884. The first-order valence-electron chi connectivity index (χ1n) is 8.33. The van der Waals surface area contributed by atoms with Crippen LogP contribution in [0, 0.1) is 0 Å². The number of hydrogen-bond acceptors (Lipinski definition) is 4. The molecule has 0 bridgehead atoms. The fourth-order valence-corrected chi connectivity index (χ4v) is 3.08. The van der Waals surface area contributed by atoms with Crippen molar-refractivity contribution in [1.82, 2.24) is 14.9 Å². The molecule has 0 saturated carbocycles. The number of rotatable bonds is 3. The normalized spacial score (nSPS) is 16.4. The number of anilines is 1. The van der Waals surface area contributed by atoms with Gasteiger partial charge in [0.15, 0.2) is 0 Å². The van der Waals surface area contributed by atoms with E-state index in [-0.39, 0.29) is 12.1 Å². The first-order valence-corrected chi connectivity index (χ1v) is 8.33. The molecule has 1 aliphatic rings. The zero-order valence-electron chi connectivity index (χ0n) is 14.4. The Balaban J connectivity index is 1.76. The number of benzene rings is 1. The van der Waals surface area contributed by atoms with Crippen LogP contribution in [0.4, 0.5) is 32.2 Å². The van der Waals surface area contributed by atoms with Gasteiger partial charge >= 0.3 is 12.4 Å². The predicted octanol–water partition coefficient (Wildman–Crippen LogP) is 3.13. The van der Waals surface area contributed by atoms with Crippen LogP contribution >= 0.6 is 0 Å². The minimum atomic E-state index is -4.74. The molecule has 152 valence electrons. The van der Waals surface area contributed by atoms with E-state index in [2.05, 4.69) is 9.97 Å². The van der Waals surface area contributed by atoms with E-state index in [1.54, 1.807) is 9.80 Å². The molecule has 1 aliphatic heterocycles. The van der Waals surface area contributed by atoms with Gasteiger partial charge in [0.1, 0.15) is 5.82 Å². The Morgan fingerprint density at radius 1 is 0.964 bits per heavy atom. The summed E-state index contributed by atoms with van der Waals surface area (Å²) in [5.41, 5.74) is -2.92. The van der Waals surface area contributed by atoms with E-state index < -0.39 is 29.0 Å². The molecule has 0 atom stereocenters. The molecule has 3 rings (SSSR count). The molecule has 1 aromatic heterocycles. The van der Waals surface area contributed by atoms with Gasteiger partial charge < -0.3 is 9.88 Å². The summed E-state index contributed by atoms with van der Waals surface area (Å²) in [7, 11) is 0. The Morgan fingerprint density at radius 2 is 1.64 bits per heavy atom. The summed E-state index contributed by atoms with van der Waals surface area (Å²) in [5.74, 6) is 0.443. The first-order chi connectivity index (χ1) is 13.0. The molecule has 1 saturated heterocycles. The lowest BCUT2D eigenvalue weighted by molar-refractivity contribution is -0.142. The second-order valence-corrected chi connectivity index (χ2v) is 6.40. The molecule has 0 unspecified atom stereocenters. The molecule has 1 aromatic carbocycles. The number of alkyl halides is 6. The molecule has 28 heavy (non-hydrogen) atoms. The summed E-state index contributed by atoms with van der Waals surface area (Å²) >= 11 is 0. The molecule has 5 nitrogen and oxygen atoms in total. The van der Waals surface area contributed by atoms with E-state index in [1.807, 2.05) is 0 Å². The van der Waals surface area contributed by atoms with Gasteiger partial charge in [-0.1, -0.05) is 0 Å². The second kappa shape index (κ2) is 7.46. The second-order valence-electron chi connectivity index (χ2n) is 6.40. The number of piperazine rings is 1. The standard InChI is InChI=1S/C17H16F6N4O/c18-16(19,20)12-1-2-13(17(21,22)23)11(7-12)9-26-3-5-27(6-4-26)14-8-15(28)25-10-24-14/h1-2,7-8,10H,3-6,9H2,(H,24,25,28). The fourth-order valence-electron chi connectivity index (χ4n) is 3.08.